The van der Waals surface area contributed by atoms with Crippen LogP contribution in [0, 0.1) is 16.9 Å². The molecule has 0 fully saturated rings. The molecule has 6 heteroatoms. The molecule has 1 aromatic heterocycles. The number of hydrogen-bond acceptors (Lipinski definition) is 5. The summed E-state index contributed by atoms with van der Waals surface area (Å²) in [5.74, 6) is -0.226. The third-order valence-corrected chi connectivity index (χ3v) is 6.20. The Hall–Kier alpha value is -2.52. The minimum atomic E-state index is -0.393. The average molecular weight is 383 g/mol. The molecule has 2 aromatic rings. The number of nitrogens with zero attached hydrogens (tertiary/aromatic N) is 2. The van der Waals surface area contributed by atoms with Gasteiger partial charge in [0, 0.05) is 42.2 Å². The van der Waals surface area contributed by atoms with Gasteiger partial charge in [-0.2, -0.15) is 5.26 Å². The van der Waals surface area contributed by atoms with Crippen LogP contribution in [0.15, 0.2) is 24.3 Å². The first-order valence-corrected chi connectivity index (χ1v) is 9.92. The van der Waals surface area contributed by atoms with Crippen LogP contribution in [-0.2, 0) is 20.7 Å². The summed E-state index contributed by atoms with van der Waals surface area (Å²) in [6, 6.07) is 8.20. The van der Waals surface area contributed by atoms with Gasteiger partial charge < -0.3 is 19.4 Å². The van der Waals surface area contributed by atoms with Gasteiger partial charge in [-0.3, -0.25) is 4.79 Å². The van der Waals surface area contributed by atoms with Gasteiger partial charge in [-0.25, -0.2) is 0 Å². The van der Waals surface area contributed by atoms with Crippen molar-refractivity contribution in [3.63, 3.8) is 0 Å². The SMILES string of the molecule is CC[C@@]1(CC(=O)OC)CCCN(C#N)CCc2c([nH]c3ccccc23)[C@@H]1OC. The number of aromatic nitrogens is 1. The van der Waals surface area contributed by atoms with Crippen molar-refractivity contribution in [1.82, 2.24) is 9.88 Å². The molecule has 0 radical (unpaired) electrons. The number of fused-ring (bicyclic) bond motifs is 3. The highest BCUT2D eigenvalue weighted by Gasteiger charge is 2.43. The zero-order valence-electron chi connectivity index (χ0n) is 17.0. The molecule has 0 unspecified atom stereocenters. The maximum Gasteiger partial charge on any atom is 0.306 e. The molecule has 0 saturated heterocycles. The smallest absolute Gasteiger partial charge is 0.306 e. The molecule has 1 aromatic carbocycles. The lowest BCUT2D eigenvalue weighted by atomic mass is 9.71. The third kappa shape index (κ3) is 3.72. The van der Waals surface area contributed by atoms with Crippen LogP contribution in [0.1, 0.15) is 50.0 Å². The monoisotopic (exact) mass is 383 g/mol. The number of nitrogens with one attached hydrogen (secondary N) is 1. The minimum Gasteiger partial charge on any atom is -0.469 e. The van der Waals surface area contributed by atoms with Gasteiger partial charge in [0.15, 0.2) is 6.19 Å². The van der Waals surface area contributed by atoms with Crippen molar-refractivity contribution in [1.29, 1.82) is 5.26 Å². The molecule has 150 valence electrons. The van der Waals surface area contributed by atoms with Crippen molar-refractivity contribution in [3.8, 4) is 6.19 Å². The van der Waals surface area contributed by atoms with Gasteiger partial charge in [0.1, 0.15) is 6.10 Å². The zero-order valence-corrected chi connectivity index (χ0v) is 17.0. The molecule has 2 heterocycles. The molecule has 0 bridgehead atoms. The first-order valence-electron chi connectivity index (χ1n) is 9.92. The Kier molecular flexibility index (Phi) is 6.25. The van der Waals surface area contributed by atoms with Gasteiger partial charge in [-0.1, -0.05) is 25.1 Å². The Morgan fingerprint density at radius 3 is 2.82 bits per heavy atom. The van der Waals surface area contributed by atoms with Crippen molar-refractivity contribution >= 4 is 16.9 Å². The van der Waals surface area contributed by atoms with Crippen molar-refractivity contribution in [2.45, 2.75) is 45.1 Å². The average Bonchev–Trinajstić information content (AvgIpc) is 3.08. The van der Waals surface area contributed by atoms with Gasteiger partial charge in [-0.15, -0.1) is 0 Å². The normalized spacial score (nSPS) is 23.1. The van der Waals surface area contributed by atoms with Crippen molar-refractivity contribution in [2.24, 2.45) is 5.41 Å². The summed E-state index contributed by atoms with van der Waals surface area (Å²) in [5, 5.41) is 10.7. The number of methoxy groups -OCH3 is 2. The number of H-pyrrole nitrogens is 1. The first-order chi connectivity index (χ1) is 13.6. The molecule has 0 saturated carbocycles. The highest BCUT2D eigenvalue weighted by Crippen LogP contribution is 2.48. The Labute approximate surface area is 166 Å². The molecule has 1 aliphatic rings. The maximum absolute atomic E-state index is 12.3. The highest BCUT2D eigenvalue weighted by molar-refractivity contribution is 5.85. The lowest BCUT2D eigenvalue weighted by Gasteiger charge is -2.40. The maximum atomic E-state index is 12.3. The first kappa shape index (κ1) is 20.2. The second-order valence-corrected chi connectivity index (χ2v) is 7.59. The summed E-state index contributed by atoms with van der Waals surface area (Å²) in [7, 11) is 3.15. The summed E-state index contributed by atoms with van der Waals surface area (Å²) < 4.78 is 11.1. The largest absolute Gasteiger partial charge is 0.469 e. The van der Waals surface area contributed by atoms with Crippen molar-refractivity contribution in [3.05, 3.63) is 35.5 Å². The van der Waals surface area contributed by atoms with E-state index in [0.29, 0.717) is 19.5 Å². The topological polar surface area (TPSA) is 78.4 Å². The molecule has 6 nitrogen and oxygen atoms in total. The molecule has 2 atom stereocenters. The Morgan fingerprint density at radius 2 is 2.14 bits per heavy atom. The van der Waals surface area contributed by atoms with Crippen LogP contribution in [-0.4, -0.2) is 43.2 Å². The highest BCUT2D eigenvalue weighted by atomic mass is 16.5. The minimum absolute atomic E-state index is 0.226. The number of benzene rings is 1. The number of carbonyl (C=O) groups is 1. The second-order valence-electron chi connectivity index (χ2n) is 7.59. The summed E-state index contributed by atoms with van der Waals surface area (Å²) >= 11 is 0. The molecular weight excluding hydrogens is 354 g/mol. The predicted octanol–water partition coefficient (Wildman–Crippen LogP) is 3.93. The number of rotatable bonds is 4. The number of para-hydroxylation sites is 1. The van der Waals surface area contributed by atoms with E-state index in [0.717, 1.165) is 42.3 Å². The molecule has 0 aliphatic carbocycles. The number of carbonyl (C=O) groups excluding carboxylic acids is 1. The standard InChI is InChI=1S/C22H29N3O3/c1-4-22(14-19(26)27-2)11-7-12-25(15-23)13-10-17-16-8-5-6-9-18(16)24-20(17)21(22)28-3/h5-6,8-9,21,24H,4,7,10-14H2,1-3H3/t21-,22-/m0/s1. The van der Waals surface area contributed by atoms with E-state index in [1.165, 1.54) is 12.7 Å². The van der Waals surface area contributed by atoms with Crippen LogP contribution in [0.25, 0.3) is 10.9 Å². The van der Waals surface area contributed by atoms with Crippen molar-refractivity contribution < 1.29 is 14.3 Å². The molecular formula is C22H29N3O3. The van der Waals surface area contributed by atoms with E-state index in [1.807, 2.05) is 17.0 Å². The quantitative estimate of drug-likeness (QED) is 0.639. The second kappa shape index (κ2) is 8.66. The summed E-state index contributed by atoms with van der Waals surface area (Å²) in [4.78, 5) is 17.7. The van der Waals surface area contributed by atoms with Crippen LogP contribution >= 0.6 is 0 Å². The number of hydrogen-bond donors (Lipinski definition) is 1. The molecule has 0 amide bonds. The third-order valence-electron chi connectivity index (χ3n) is 6.20. The number of aromatic amines is 1. The van der Waals surface area contributed by atoms with Crippen molar-refractivity contribution in [2.75, 3.05) is 27.3 Å². The fraction of sp³-hybridized carbons (Fsp3) is 0.545. The van der Waals surface area contributed by atoms with Crippen LogP contribution in [0.2, 0.25) is 0 Å². The molecule has 28 heavy (non-hydrogen) atoms. The fourth-order valence-electron chi connectivity index (χ4n) is 4.63. The van der Waals surface area contributed by atoms with Gasteiger partial charge in [0.05, 0.1) is 13.5 Å². The van der Waals surface area contributed by atoms with E-state index in [-0.39, 0.29) is 12.1 Å². The lowest BCUT2D eigenvalue weighted by molar-refractivity contribution is -0.147. The van der Waals surface area contributed by atoms with E-state index in [2.05, 4.69) is 30.2 Å². The van der Waals surface area contributed by atoms with E-state index in [9.17, 15) is 10.1 Å². The zero-order chi connectivity index (χ0) is 20.1. The number of nitriles is 1. The van der Waals surface area contributed by atoms with E-state index >= 15 is 0 Å². The van der Waals surface area contributed by atoms with E-state index in [1.54, 1.807) is 7.11 Å². The summed E-state index contributed by atoms with van der Waals surface area (Å²) in [5.41, 5.74) is 2.86. The fourth-order valence-corrected chi connectivity index (χ4v) is 4.63. The molecule has 3 rings (SSSR count). The number of ether oxygens (including phenoxy) is 2. The van der Waals surface area contributed by atoms with Crippen LogP contribution in [0.4, 0.5) is 0 Å². The molecule has 0 spiro atoms. The lowest BCUT2D eigenvalue weighted by Crippen LogP contribution is -2.36. The summed E-state index contributed by atoms with van der Waals surface area (Å²) in [6.45, 7) is 3.47. The molecule has 1 aliphatic heterocycles. The van der Waals surface area contributed by atoms with Crippen LogP contribution in [0.5, 0.6) is 0 Å². The number of esters is 1. The Balaban J connectivity index is 2.17. The van der Waals surface area contributed by atoms with E-state index < -0.39 is 5.41 Å². The Morgan fingerprint density at radius 1 is 1.36 bits per heavy atom. The Bertz CT molecular complexity index is 870. The van der Waals surface area contributed by atoms with Gasteiger partial charge in [0.25, 0.3) is 0 Å². The van der Waals surface area contributed by atoms with Gasteiger partial charge in [-0.05, 0) is 37.3 Å². The molecule has 1 N–H and O–H groups in total. The van der Waals surface area contributed by atoms with Crippen LogP contribution < -0.4 is 0 Å². The van der Waals surface area contributed by atoms with Crippen LogP contribution in [0.3, 0.4) is 0 Å². The predicted molar refractivity (Wildman–Crippen MR) is 108 cm³/mol. The summed E-state index contributed by atoms with van der Waals surface area (Å²) in [6.07, 6.45) is 5.51. The van der Waals surface area contributed by atoms with Gasteiger partial charge >= 0.3 is 5.97 Å². The van der Waals surface area contributed by atoms with E-state index in [4.69, 9.17) is 9.47 Å². The van der Waals surface area contributed by atoms with Gasteiger partial charge in [0.2, 0.25) is 0 Å².